The van der Waals surface area contributed by atoms with Crippen LogP contribution in [0.4, 0.5) is 0 Å². The van der Waals surface area contributed by atoms with Crippen molar-refractivity contribution in [3.8, 4) is 5.75 Å². The topological polar surface area (TPSA) is 9.23 Å². The average molecular weight is 291 g/mol. The Morgan fingerprint density at radius 1 is 1.06 bits per heavy atom. The van der Waals surface area contributed by atoms with Gasteiger partial charge in [-0.25, -0.2) is 0 Å². The Morgan fingerprint density at radius 2 is 1.82 bits per heavy atom. The molecule has 2 heteroatoms. The molecule has 17 heavy (non-hydrogen) atoms. The molecule has 88 valence electrons. The molecule has 0 saturated heterocycles. The van der Waals surface area contributed by atoms with Crippen LogP contribution in [-0.4, -0.2) is 0 Å². The van der Waals surface area contributed by atoms with Crippen molar-refractivity contribution in [2.75, 3.05) is 0 Å². The number of hydrogen-bond acceptors (Lipinski definition) is 1. The van der Waals surface area contributed by atoms with Gasteiger partial charge in [-0.1, -0.05) is 53.2 Å². The minimum atomic E-state index is 0.621. The van der Waals surface area contributed by atoms with Crippen molar-refractivity contribution >= 4 is 15.9 Å². The lowest BCUT2D eigenvalue weighted by Gasteiger charge is -2.10. The van der Waals surface area contributed by atoms with Crippen LogP contribution in [0.25, 0.3) is 0 Å². The number of aryl methyl sites for hydroxylation is 1. The molecule has 0 fully saturated rings. The molecular formula is C15H15BrO. The fourth-order valence-corrected chi connectivity index (χ4v) is 2.11. The SMILES string of the molecule is CCc1cc(Br)ccc1OCc1ccccc1. The number of hydrogen-bond donors (Lipinski definition) is 0. The van der Waals surface area contributed by atoms with Crippen LogP contribution in [0.2, 0.25) is 0 Å². The summed E-state index contributed by atoms with van der Waals surface area (Å²) in [5.74, 6) is 0.972. The van der Waals surface area contributed by atoms with Crippen LogP contribution in [-0.2, 0) is 13.0 Å². The second-order valence-corrected chi connectivity index (χ2v) is 4.80. The lowest BCUT2D eigenvalue weighted by atomic mass is 10.1. The summed E-state index contributed by atoms with van der Waals surface area (Å²) in [6.45, 7) is 2.76. The highest BCUT2D eigenvalue weighted by molar-refractivity contribution is 9.10. The Labute approximate surface area is 111 Å². The third-order valence-electron chi connectivity index (χ3n) is 2.64. The standard InChI is InChI=1S/C15H15BrO/c1-2-13-10-14(16)8-9-15(13)17-11-12-6-4-3-5-7-12/h3-10H,2,11H2,1H3. The first-order valence-electron chi connectivity index (χ1n) is 5.74. The molecule has 0 aliphatic rings. The first-order valence-corrected chi connectivity index (χ1v) is 6.54. The lowest BCUT2D eigenvalue weighted by molar-refractivity contribution is 0.303. The zero-order chi connectivity index (χ0) is 12.1. The molecule has 0 atom stereocenters. The maximum Gasteiger partial charge on any atom is 0.123 e. The maximum atomic E-state index is 5.85. The summed E-state index contributed by atoms with van der Waals surface area (Å²) in [5.41, 5.74) is 2.42. The van der Waals surface area contributed by atoms with E-state index in [0.29, 0.717) is 6.61 Å². The predicted molar refractivity (Wildman–Crippen MR) is 74.3 cm³/mol. The zero-order valence-electron chi connectivity index (χ0n) is 9.82. The van der Waals surface area contributed by atoms with Gasteiger partial charge >= 0.3 is 0 Å². The van der Waals surface area contributed by atoms with Crippen LogP contribution in [0, 0.1) is 0 Å². The highest BCUT2D eigenvalue weighted by Crippen LogP contribution is 2.24. The van der Waals surface area contributed by atoms with Gasteiger partial charge in [-0.05, 0) is 35.7 Å². The van der Waals surface area contributed by atoms with Crippen molar-refractivity contribution in [3.05, 3.63) is 64.1 Å². The fraction of sp³-hybridized carbons (Fsp3) is 0.200. The summed E-state index contributed by atoms with van der Waals surface area (Å²) in [7, 11) is 0. The zero-order valence-corrected chi connectivity index (χ0v) is 11.4. The Bertz CT molecular complexity index is 480. The van der Waals surface area contributed by atoms with Crippen molar-refractivity contribution in [2.24, 2.45) is 0 Å². The van der Waals surface area contributed by atoms with Gasteiger partial charge in [0.05, 0.1) is 0 Å². The predicted octanol–water partition coefficient (Wildman–Crippen LogP) is 4.59. The largest absolute Gasteiger partial charge is 0.489 e. The summed E-state index contributed by atoms with van der Waals surface area (Å²) in [6.07, 6.45) is 0.976. The van der Waals surface area contributed by atoms with Crippen molar-refractivity contribution in [3.63, 3.8) is 0 Å². The maximum absolute atomic E-state index is 5.85. The van der Waals surface area contributed by atoms with Gasteiger partial charge in [0, 0.05) is 4.47 Å². The van der Waals surface area contributed by atoms with Crippen LogP contribution < -0.4 is 4.74 Å². The van der Waals surface area contributed by atoms with E-state index >= 15 is 0 Å². The molecule has 0 N–H and O–H groups in total. The van der Waals surface area contributed by atoms with E-state index < -0.39 is 0 Å². The summed E-state index contributed by atoms with van der Waals surface area (Å²) in [4.78, 5) is 0. The molecule has 0 amide bonds. The number of halogens is 1. The molecule has 2 rings (SSSR count). The second kappa shape index (κ2) is 5.87. The lowest BCUT2D eigenvalue weighted by Crippen LogP contribution is -1.98. The Kier molecular flexibility index (Phi) is 4.21. The summed E-state index contributed by atoms with van der Waals surface area (Å²) < 4.78 is 6.95. The molecule has 0 radical (unpaired) electrons. The van der Waals surface area contributed by atoms with Crippen LogP contribution in [0.1, 0.15) is 18.1 Å². The normalized spacial score (nSPS) is 10.2. The molecule has 0 bridgehead atoms. The highest BCUT2D eigenvalue weighted by atomic mass is 79.9. The van der Waals surface area contributed by atoms with E-state index in [9.17, 15) is 0 Å². The summed E-state index contributed by atoms with van der Waals surface area (Å²) in [6, 6.07) is 16.4. The van der Waals surface area contributed by atoms with Gasteiger partial charge < -0.3 is 4.74 Å². The number of rotatable bonds is 4. The molecule has 0 aliphatic carbocycles. The third-order valence-corrected chi connectivity index (χ3v) is 3.13. The van der Waals surface area contributed by atoms with E-state index in [1.165, 1.54) is 11.1 Å². The molecule has 0 heterocycles. The van der Waals surface area contributed by atoms with Crippen LogP contribution in [0.5, 0.6) is 5.75 Å². The summed E-state index contributed by atoms with van der Waals surface area (Å²) >= 11 is 3.48. The minimum Gasteiger partial charge on any atom is -0.489 e. The smallest absolute Gasteiger partial charge is 0.123 e. The van der Waals surface area contributed by atoms with Gasteiger partial charge in [0.15, 0.2) is 0 Å². The molecule has 0 saturated carbocycles. The molecule has 0 spiro atoms. The van der Waals surface area contributed by atoms with E-state index in [-0.39, 0.29) is 0 Å². The Hall–Kier alpha value is -1.28. The quantitative estimate of drug-likeness (QED) is 0.800. The van der Waals surface area contributed by atoms with Crippen molar-refractivity contribution in [1.82, 2.24) is 0 Å². The second-order valence-electron chi connectivity index (χ2n) is 3.88. The highest BCUT2D eigenvalue weighted by Gasteiger charge is 2.03. The molecule has 0 aliphatic heterocycles. The van der Waals surface area contributed by atoms with Crippen LogP contribution >= 0.6 is 15.9 Å². The Balaban J connectivity index is 2.09. The van der Waals surface area contributed by atoms with Crippen LogP contribution in [0.15, 0.2) is 53.0 Å². The van der Waals surface area contributed by atoms with Crippen molar-refractivity contribution < 1.29 is 4.74 Å². The van der Waals surface area contributed by atoms with Gasteiger partial charge in [0.25, 0.3) is 0 Å². The third kappa shape index (κ3) is 3.34. The molecule has 2 aromatic rings. The first-order chi connectivity index (χ1) is 8.29. The van der Waals surface area contributed by atoms with Gasteiger partial charge in [-0.3, -0.25) is 0 Å². The number of ether oxygens (including phenoxy) is 1. The van der Waals surface area contributed by atoms with Gasteiger partial charge in [-0.15, -0.1) is 0 Å². The molecule has 1 nitrogen and oxygen atoms in total. The van der Waals surface area contributed by atoms with Crippen molar-refractivity contribution in [1.29, 1.82) is 0 Å². The molecular weight excluding hydrogens is 276 g/mol. The summed E-state index contributed by atoms with van der Waals surface area (Å²) in [5, 5.41) is 0. The van der Waals surface area contributed by atoms with E-state index in [4.69, 9.17) is 4.74 Å². The van der Waals surface area contributed by atoms with E-state index in [1.807, 2.05) is 30.3 Å². The van der Waals surface area contributed by atoms with Crippen molar-refractivity contribution in [2.45, 2.75) is 20.0 Å². The van der Waals surface area contributed by atoms with Gasteiger partial charge in [-0.2, -0.15) is 0 Å². The molecule has 0 aromatic heterocycles. The fourth-order valence-electron chi connectivity index (χ4n) is 1.70. The Morgan fingerprint density at radius 3 is 2.53 bits per heavy atom. The first kappa shape index (κ1) is 12.2. The van der Waals surface area contributed by atoms with Gasteiger partial charge in [0.2, 0.25) is 0 Å². The molecule has 2 aromatic carbocycles. The van der Waals surface area contributed by atoms with E-state index in [2.05, 4.69) is 41.1 Å². The van der Waals surface area contributed by atoms with E-state index in [1.54, 1.807) is 0 Å². The minimum absolute atomic E-state index is 0.621. The van der Waals surface area contributed by atoms with Crippen LogP contribution in [0.3, 0.4) is 0 Å². The van der Waals surface area contributed by atoms with E-state index in [0.717, 1.165) is 16.6 Å². The van der Waals surface area contributed by atoms with Gasteiger partial charge in [0.1, 0.15) is 12.4 Å². The monoisotopic (exact) mass is 290 g/mol. The average Bonchev–Trinajstić information content (AvgIpc) is 2.38. The number of benzene rings is 2. The molecule has 0 unspecified atom stereocenters.